The number of ether oxygens (including phenoxy) is 2. The van der Waals surface area contributed by atoms with Gasteiger partial charge in [0, 0.05) is 32.3 Å². The Balaban J connectivity index is 1.41. The van der Waals surface area contributed by atoms with E-state index in [-0.39, 0.29) is 24.7 Å². The minimum atomic E-state index is -0.159. The maximum Gasteiger partial charge on any atom is 0.248 e. The molecule has 1 aliphatic carbocycles. The van der Waals surface area contributed by atoms with Crippen LogP contribution in [0.3, 0.4) is 0 Å². The first-order valence-corrected chi connectivity index (χ1v) is 7.90. The van der Waals surface area contributed by atoms with Crippen molar-refractivity contribution in [2.45, 2.75) is 43.9 Å². The molecule has 1 saturated carbocycles. The Morgan fingerprint density at radius 1 is 1.33 bits per heavy atom. The molecule has 0 radical (unpaired) electrons. The van der Waals surface area contributed by atoms with E-state index in [1.807, 2.05) is 0 Å². The van der Waals surface area contributed by atoms with Crippen LogP contribution in [0.5, 0.6) is 0 Å². The molecule has 6 nitrogen and oxygen atoms in total. The van der Waals surface area contributed by atoms with Gasteiger partial charge < -0.3 is 14.4 Å². The lowest BCUT2D eigenvalue weighted by Gasteiger charge is -2.38. The molecule has 2 atom stereocenters. The van der Waals surface area contributed by atoms with E-state index in [0.29, 0.717) is 25.7 Å². The minimum Gasteiger partial charge on any atom is -0.376 e. The molecule has 21 heavy (non-hydrogen) atoms. The molecular weight excluding hydrogens is 270 g/mol. The number of hydrogen-bond donors (Lipinski definition) is 0. The van der Waals surface area contributed by atoms with Crippen molar-refractivity contribution in [1.29, 1.82) is 5.26 Å². The lowest BCUT2D eigenvalue weighted by Crippen LogP contribution is -2.55. The van der Waals surface area contributed by atoms with Gasteiger partial charge in [0.1, 0.15) is 12.6 Å². The van der Waals surface area contributed by atoms with Crippen molar-refractivity contribution in [1.82, 2.24) is 9.80 Å². The zero-order valence-electron chi connectivity index (χ0n) is 12.4. The van der Waals surface area contributed by atoms with E-state index in [0.717, 1.165) is 26.0 Å². The Bertz CT molecular complexity index is 413. The summed E-state index contributed by atoms with van der Waals surface area (Å²) in [4.78, 5) is 16.2. The van der Waals surface area contributed by atoms with Crippen LogP contribution in [-0.4, -0.2) is 73.3 Å². The first-order valence-electron chi connectivity index (χ1n) is 7.90. The van der Waals surface area contributed by atoms with Crippen molar-refractivity contribution in [3.8, 4) is 6.07 Å². The Morgan fingerprint density at radius 3 is 2.86 bits per heavy atom. The van der Waals surface area contributed by atoms with Gasteiger partial charge in [-0.15, -0.1) is 0 Å². The molecule has 0 aromatic carbocycles. The van der Waals surface area contributed by atoms with Crippen LogP contribution >= 0.6 is 0 Å². The molecular formula is C15H23N3O3. The summed E-state index contributed by atoms with van der Waals surface area (Å²) < 4.78 is 10.9. The largest absolute Gasteiger partial charge is 0.376 e. The van der Waals surface area contributed by atoms with E-state index >= 15 is 0 Å². The second-order valence-electron chi connectivity index (χ2n) is 6.10. The highest BCUT2D eigenvalue weighted by Gasteiger charge is 2.38. The first-order chi connectivity index (χ1) is 10.3. The average Bonchev–Trinajstić information content (AvgIpc) is 3.23. The highest BCUT2D eigenvalue weighted by molar-refractivity contribution is 5.77. The third-order valence-corrected chi connectivity index (χ3v) is 4.49. The molecule has 2 heterocycles. The Labute approximate surface area is 125 Å². The molecule has 0 aromatic rings. The highest BCUT2D eigenvalue weighted by Crippen LogP contribution is 2.30. The highest BCUT2D eigenvalue weighted by atomic mass is 16.5. The van der Waals surface area contributed by atoms with Gasteiger partial charge in [-0.1, -0.05) is 0 Å². The number of amides is 1. The second kappa shape index (κ2) is 6.73. The van der Waals surface area contributed by atoms with Crippen molar-refractivity contribution < 1.29 is 14.3 Å². The maximum atomic E-state index is 12.2. The van der Waals surface area contributed by atoms with E-state index in [1.54, 1.807) is 4.90 Å². The van der Waals surface area contributed by atoms with E-state index in [2.05, 4.69) is 11.0 Å². The molecule has 3 rings (SSSR count). The summed E-state index contributed by atoms with van der Waals surface area (Å²) >= 11 is 0. The molecule has 6 heteroatoms. The third-order valence-electron chi connectivity index (χ3n) is 4.49. The lowest BCUT2D eigenvalue weighted by atomic mass is 10.2. The quantitative estimate of drug-likeness (QED) is 0.733. The number of nitrogens with zero attached hydrogens (tertiary/aromatic N) is 3. The maximum absolute atomic E-state index is 12.2. The fourth-order valence-electron chi connectivity index (χ4n) is 3.13. The monoisotopic (exact) mass is 293 g/mol. The fraction of sp³-hybridized carbons (Fsp3) is 0.867. The van der Waals surface area contributed by atoms with Crippen LogP contribution < -0.4 is 0 Å². The van der Waals surface area contributed by atoms with Crippen molar-refractivity contribution in [3.05, 3.63) is 0 Å². The summed E-state index contributed by atoms with van der Waals surface area (Å²) in [7, 11) is 0. The number of piperazine rings is 1. The van der Waals surface area contributed by atoms with Gasteiger partial charge in [-0.2, -0.15) is 5.26 Å². The van der Waals surface area contributed by atoms with Crippen LogP contribution in [0.4, 0.5) is 0 Å². The SMILES string of the molecule is N#C[C@H]1CN(C(=O)COC[C@@H]2CCCO2)CCN1C1CC1. The summed E-state index contributed by atoms with van der Waals surface area (Å²) in [6, 6.07) is 2.75. The van der Waals surface area contributed by atoms with Crippen LogP contribution in [0, 0.1) is 11.3 Å². The number of rotatable bonds is 5. The van der Waals surface area contributed by atoms with Crippen molar-refractivity contribution >= 4 is 5.91 Å². The van der Waals surface area contributed by atoms with Crippen LogP contribution in [0.2, 0.25) is 0 Å². The molecule has 0 N–H and O–H groups in total. The molecule has 3 aliphatic rings. The molecule has 0 bridgehead atoms. The third kappa shape index (κ3) is 3.73. The normalized spacial score (nSPS) is 30.3. The van der Waals surface area contributed by atoms with Gasteiger partial charge in [0.15, 0.2) is 0 Å². The summed E-state index contributed by atoms with van der Waals surface area (Å²) in [5.41, 5.74) is 0. The smallest absolute Gasteiger partial charge is 0.248 e. The van der Waals surface area contributed by atoms with Crippen LogP contribution in [-0.2, 0) is 14.3 Å². The van der Waals surface area contributed by atoms with Crippen molar-refractivity contribution in [2.24, 2.45) is 0 Å². The molecule has 116 valence electrons. The van der Waals surface area contributed by atoms with Crippen LogP contribution in [0.15, 0.2) is 0 Å². The van der Waals surface area contributed by atoms with E-state index in [4.69, 9.17) is 9.47 Å². The van der Waals surface area contributed by atoms with Gasteiger partial charge in [0.05, 0.1) is 18.8 Å². The van der Waals surface area contributed by atoms with Crippen LogP contribution in [0.1, 0.15) is 25.7 Å². The minimum absolute atomic E-state index is 0.0105. The molecule has 0 aromatic heterocycles. The standard InChI is InChI=1S/C15H23N3O3/c16-8-13-9-17(5-6-18(13)12-3-4-12)15(19)11-20-10-14-2-1-7-21-14/h12-14H,1-7,9-11H2/t13-,14-/m0/s1. The predicted molar refractivity (Wildman–Crippen MR) is 75.5 cm³/mol. The zero-order chi connectivity index (χ0) is 14.7. The fourth-order valence-corrected chi connectivity index (χ4v) is 3.13. The van der Waals surface area contributed by atoms with E-state index in [9.17, 15) is 10.1 Å². The molecule has 0 unspecified atom stereocenters. The summed E-state index contributed by atoms with van der Waals surface area (Å²) in [6.45, 7) is 3.41. The van der Waals surface area contributed by atoms with Gasteiger partial charge in [-0.25, -0.2) is 0 Å². The Morgan fingerprint density at radius 2 is 2.19 bits per heavy atom. The molecule has 3 fully saturated rings. The number of carbonyl (C=O) groups is 1. The molecule has 2 saturated heterocycles. The van der Waals surface area contributed by atoms with Gasteiger partial charge in [0.2, 0.25) is 5.91 Å². The van der Waals surface area contributed by atoms with Gasteiger partial charge >= 0.3 is 0 Å². The number of nitriles is 1. The Kier molecular flexibility index (Phi) is 4.73. The predicted octanol–water partition coefficient (Wildman–Crippen LogP) is 0.381. The first kappa shape index (κ1) is 14.8. The van der Waals surface area contributed by atoms with Gasteiger partial charge in [-0.3, -0.25) is 9.69 Å². The van der Waals surface area contributed by atoms with Crippen molar-refractivity contribution in [2.75, 3.05) is 39.5 Å². The summed E-state index contributed by atoms with van der Waals surface area (Å²) in [5, 5.41) is 9.28. The summed E-state index contributed by atoms with van der Waals surface area (Å²) in [5.74, 6) is -0.0105. The van der Waals surface area contributed by atoms with Crippen molar-refractivity contribution in [3.63, 3.8) is 0 Å². The topological polar surface area (TPSA) is 65.8 Å². The lowest BCUT2D eigenvalue weighted by molar-refractivity contribution is -0.139. The molecule has 2 aliphatic heterocycles. The Hall–Kier alpha value is -1.16. The van der Waals surface area contributed by atoms with Crippen LogP contribution in [0.25, 0.3) is 0 Å². The number of hydrogen-bond acceptors (Lipinski definition) is 5. The molecule has 1 amide bonds. The van der Waals surface area contributed by atoms with E-state index in [1.165, 1.54) is 12.8 Å². The summed E-state index contributed by atoms with van der Waals surface area (Å²) in [6.07, 6.45) is 4.63. The van der Waals surface area contributed by atoms with Gasteiger partial charge in [-0.05, 0) is 25.7 Å². The number of carbonyl (C=O) groups excluding carboxylic acids is 1. The zero-order valence-corrected chi connectivity index (χ0v) is 12.4. The van der Waals surface area contributed by atoms with Gasteiger partial charge in [0.25, 0.3) is 0 Å². The molecule has 0 spiro atoms. The average molecular weight is 293 g/mol. The van der Waals surface area contributed by atoms with E-state index < -0.39 is 0 Å². The second-order valence-corrected chi connectivity index (χ2v) is 6.10.